The van der Waals surface area contributed by atoms with Crippen molar-refractivity contribution in [3.05, 3.63) is 47.1 Å². The highest BCUT2D eigenvalue weighted by atomic mass is 16.1. The molecular formula is C16H23N3O. The molecule has 0 aliphatic heterocycles. The van der Waals surface area contributed by atoms with Crippen LogP contribution >= 0.6 is 0 Å². The number of H-pyrrole nitrogens is 1. The van der Waals surface area contributed by atoms with E-state index in [1.807, 2.05) is 24.3 Å². The summed E-state index contributed by atoms with van der Waals surface area (Å²) in [6.45, 7) is 6.69. The molecule has 0 bridgehead atoms. The van der Waals surface area contributed by atoms with Gasteiger partial charge in [-0.05, 0) is 49.9 Å². The van der Waals surface area contributed by atoms with Gasteiger partial charge < -0.3 is 10.3 Å². The normalized spacial score (nSPS) is 12.6. The number of hydrogen-bond acceptors (Lipinski definition) is 2. The van der Waals surface area contributed by atoms with Gasteiger partial charge in [-0.2, -0.15) is 0 Å². The van der Waals surface area contributed by atoms with Crippen LogP contribution in [0.15, 0.2) is 41.5 Å². The second-order valence-electron chi connectivity index (χ2n) is 5.70. The summed E-state index contributed by atoms with van der Waals surface area (Å²) in [6.07, 6.45) is 5.76. The van der Waals surface area contributed by atoms with E-state index in [9.17, 15) is 4.79 Å². The summed E-state index contributed by atoms with van der Waals surface area (Å²) in [4.78, 5) is 14.2. The largest absolute Gasteiger partial charge is 0.383 e. The quantitative estimate of drug-likeness (QED) is 0.847. The van der Waals surface area contributed by atoms with E-state index in [4.69, 9.17) is 0 Å². The van der Waals surface area contributed by atoms with Crippen LogP contribution in [0, 0.1) is 5.92 Å². The molecule has 1 heterocycles. The van der Waals surface area contributed by atoms with Crippen LogP contribution in [0.5, 0.6) is 0 Å². The van der Waals surface area contributed by atoms with Crippen molar-refractivity contribution in [3.8, 4) is 5.69 Å². The average molecular weight is 273 g/mol. The molecule has 1 aromatic carbocycles. The van der Waals surface area contributed by atoms with E-state index in [1.54, 1.807) is 17.0 Å². The van der Waals surface area contributed by atoms with Crippen molar-refractivity contribution < 1.29 is 0 Å². The van der Waals surface area contributed by atoms with Crippen LogP contribution in [-0.4, -0.2) is 15.6 Å². The average Bonchev–Trinajstić information content (AvgIpc) is 2.84. The molecule has 2 rings (SSSR count). The fourth-order valence-corrected chi connectivity index (χ4v) is 2.18. The van der Waals surface area contributed by atoms with Gasteiger partial charge in [-0.25, -0.2) is 4.79 Å². The van der Waals surface area contributed by atoms with E-state index in [0.717, 1.165) is 23.7 Å². The highest BCUT2D eigenvalue weighted by Gasteiger charge is 2.04. The SMILES string of the molecule is CC(C)CCC(C)Nc1ccc(-n2cc[nH]c2=O)cc1. The zero-order valence-electron chi connectivity index (χ0n) is 12.4. The molecule has 0 aliphatic rings. The van der Waals surface area contributed by atoms with E-state index in [2.05, 4.69) is 31.1 Å². The molecule has 4 nitrogen and oxygen atoms in total. The smallest absolute Gasteiger partial charge is 0.330 e. The van der Waals surface area contributed by atoms with Gasteiger partial charge >= 0.3 is 5.69 Å². The Morgan fingerprint density at radius 2 is 1.85 bits per heavy atom. The van der Waals surface area contributed by atoms with Crippen LogP contribution in [0.25, 0.3) is 5.69 Å². The Bertz CT molecular complexity index is 580. The molecule has 0 fully saturated rings. The molecule has 0 radical (unpaired) electrons. The molecule has 0 amide bonds. The minimum absolute atomic E-state index is 0.115. The lowest BCUT2D eigenvalue weighted by Gasteiger charge is -2.16. The second kappa shape index (κ2) is 6.46. The predicted molar refractivity (Wildman–Crippen MR) is 83.5 cm³/mol. The van der Waals surface area contributed by atoms with Crippen molar-refractivity contribution in [2.75, 3.05) is 5.32 Å². The van der Waals surface area contributed by atoms with Gasteiger partial charge in [0.25, 0.3) is 0 Å². The van der Waals surface area contributed by atoms with Gasteiger partial charge in [0.2, 0.25) is 0 Å². The van der Waals surface area contributed by atoms with Crippen LogP contribution in [0.2, 0.25) is 0 Å². The van der Waals surface area contributed by atoms with Gasteiger partial charge in [-0.1, -0.05) is 13.8 Å². The van der Waals surface area contributed by atoms with Crippen molar-refractivity contribution in [2.45, 2.75) is 39.7 Å². The van der Waals surface area contributed by atoms with E-state index in [0.29, 0.717) is 6.04 Å². The number of aromatic amines is 1. The third-order valence-electron chi connectivity index (χ3n) is 3.38. The fourth-order valence-electron chi connectivity index (χ4n) is 2.18. The van der Waals surface area contributed by atoms with Crippen molar-refractivity contribution in [2.24, 2.45) is 5.92 Å². The standard InChI is InChI=1S/C16H23N3O/c1-12(2)4-5-13(3)18-14-6-8-15(9-7-14)19-11-10-17-16(19)20/h6-13,18H,4-5H2,1-3H3,(H,17,20). The fraction of sp³-hybridized carbons (Fsp3) is 0.438. The zero-order valence-corrected chi connectivity index (χ0v) is 12.4. The topological polar surface area (TPSA) is 49.8 Å². The maximum Gasteiger partial charge on any atom is 0.330 e. The predicted octanol–water partition coefficient (Wildman–Crippen LogP) is 3.40. The number of imidazole rings is 1. The molecule has 108 valence electrons. The Hall–Kier alpha value is -1.97. The molecule has 2 aromatic rings. The van der Waals surface area contributed by atoms with Crippen molar-refractivity contribution in [3.63, 3.8) is 0 Å². The Morgan fingerprint density at radius 1 is 1.15 bits per heavy atom. The van der Waals surface area contributed by atoms with Gasteiger partial charge in [-0.15, -0.1) is 0 Å². The number of rotatable bonds is 6. The third kappa shape index (κ3) is 3.76. The summed E-state index contributed by atoms with van der Waals surface area (Å²) in [5, 5.41) is 3.49. The lowest BCUT2D eigenvalue weighted by molar-refractivity contribution is 0.528. The summed E-state index contributed by atoms with van der Waals surface area (Å²) in [6, 6.07) is 8.39. The first-order valence-corrected chi connectivity index (χ1v) is 7.19. The van der Waals surface area contributed by atoms with Gasteiger partial charge in [0.05, 0.1) is 5.69 Å². The molecule has 1 aromatic heterocycles. The monoisotopic (exact) mass is 273 g/mol. The molecule has 0 saturated carbocycles. The summed E-state index contributed by atoms with van der Waals surface area (Å²) >= 11 is 0. The summed E-state index contributed by atoms with van der Waals surface area (Å²) in [5.41, 5.74) is 1.85. The zero-order chi connectivity index (χ0) is 14.5. The van der Waals surface area contributed by atoms with E-state index in [1.165, 1.54) is 6.42 Å². The van der Waals surface area contributed by atoms with Crippen LogP contribution in [-0.2, 0) is 0 Å². The third-order valence-corrected chi connectivity index (χ3v) is 3.38. The number of nitrogens with zero attached hydrogens (tertiary/aromatic N) is 1. The van der Waals surface area contributed by atoms with E-state index < -0.39 is 0 Å². The molecule has 0 aliphatic carbocycles. The summed E-state index contributed by atoms with van der Waals surface area (Å²) < 4.78 is 1.59. The van der Waals surface area contributed by atoms with Crippen molar-refractivity contribution in [1.82, 2.24) is 9.55 Å². The number of benzene rings is 1. The van der Waals surface area contributed by atoms with Crippen molar-refractivity contribution >= 4 is 5.69 Å². The van der Waals surface area contributed by atoms with Gasteiger partial charge in [0.15, 0.2) is 0 Å². The van der Waals surface area contributed by atoms with Crippen LogP contribution in [0.4, 0.5) is 5.69 Å². The van der Waals surface area contributed by atoms with Gasteiger partial charge in [-0.3, -0.25) is 4.57 Å². The van der Waals surface area contributed by atoms with E-state index >= 15 is 0 Å². The second-order valence-corrected chi connectivity index (χ2v) is 5.70. The maximum absolute atomic E-state index is 11.5. The maximum atomic E-state index is 11.5. The van der Waals surface area contributed by atoms with Gasteiger partial charge in [0, 0.05) is 24.1 Å². The first-order chi connectivity index (χ1) is 9.56. The van der Waals surface area contributed by atoms with Gasteiger partial charge in [0.1, 0.15) is 0 Å². The molecule has 0 spiro atoms. The molecule has 1 unspecified atom stereocenters. The minimum atomic E-state index is -0.115. The summed E-state index contributed by atoms with van der Waals surface area (Å²) in [7, 11) is 0. The summed E-state index contributed by atoms with van der Waals surface area (Å²) in [5.74, 6) is 0.738. The highest BCUT2D eigenvalue weighted by molar-refractivity contribution is 5.49. The number of anilines is 1. The Kier molecular flexibility index (Phi) is 4.66. The van der Waals surface area contributed by atoms with Crippen LogP contribution in [0.3, 0.4) is 0 Å². The molecule has 0 saturated heterocycles. The Morgan fingerprint density at radius 3 is 2.40 bits per heavy atom. The molecule has 1 atom stereocenters. The highest BCUT2D eigenvalue weighted by Crippen LogP contribution is 2.15. The molecular weight excluding hydrogens is 250 g/mol. The lowest BCUT2D eigenvalue weighted by atomic mass is 10.0. The Labute approximate surface area is 119 Å². The minimum Gasteiger partial charge on any atom is -0.383 e. The van der Waals surface area contributed by atoms with Crippen LogP contribution < -0.4 is 11.0 Å². The molecule has 4 heteroatoms. The number of hydrogen-bond donors (Lipinski definition) is 2. The number of nitrogens with one attached hydrogen (secondary N) is 2. The first-order valence-electron chi connectivity index (χ1n) is 7.19. The number of aromatic nitrogens is 2. The molecule has 20 heavy (non-hydrogen) atoms. The van der Waals surface area contributed by atoms with Crippen LogP contribution in [0.1, 0.15) is 33.6 Å². The lowest BCUT2D eigenvalue weighted by Crippen LogP contribution is -2.16. The first kappa shape index (κ1) is 14.4. The van der Waals surface area contributed by atoms with E-state index in [-0.39, 0.29) is 5.69 Å². The molecule has 2 N–H and O–H groups in total. The Balaban J connectivity index is 1.98. The van der Waals surface area contributed by atoms with Crippen molar-refractivity contribution in [1.29, 1.82) is 0 Å².